The summed E-state index contributed by atoms with van der Waals surface area (Å²) in [6.45, 7) is 6.21. The summed E-state index contributed by atoms with van der Waals surface area (Å²) >= 11 is 12.8. The molecule has 0 amide bonds. The minimum absolute atomic E-state index is 0.320. The summed E-state index contributed by atoms with van der Waals surface area (Å²) < 4.78 is 29.0. The van der Waals surface area contributed by atoms with Gasteiger partial charge < -0.3 is 10.2 Å². The molecule has 8 nitrogen and oxygen atoms in total. The lowest BCUT2D eigenvalue weighted by Gasteiger charge is -2.31. The van der Waals surface area contributed by atoms with Crippen molar-refractivity contribution < 1.29 is 8.42 Å². The Morgan fingerprint density at radius 1 is 0.843 bits per heavy atom. The molecule has 1 N–H and O–H groups in total. The Morgan fingerprint density at radius 3 is 2.24 bits per heavy atom. The molecule has 0 saturated carbocycles. The second-order valence-electron chi connectivity index (χ2n) is 13.7. The first-order valence-corrected chi connectivity index (χ1v) is 20.3. The van der Waals surface area contributed by atoms with Crippen LogP contribution in [0.4, 0.5) is 0 Å². The number of nitrogens with one attached hydrogen (secondary N) is 1. The van der Waals surface area contributed by atoms with Crippen LogP contribution in [0.25, 0.3) is 22.4 Å². The van der Waals surface area contributed by atoms with Crippen LogP contribution < -0.4 is 5.32 Å². The second kappa shape index (κ2) is 16.0. The van der Waals surface area contributed by atoms with E-state index >= 15 is 0 Å². The third-order valence-corrected chi connectivity index (χ3v) is 12.0. The van der Waals surface area contributed by atoms with Gasteiger partial charge in [-0.3, -0.25) is 9.67 Å². The van der Waals surface area contributed by atoms with E-state index in [2.05, 4.69) is 62.3 Å². The van der Waals surface area contributed by atoms with E-state index < -0.39 is 10.0 Å². The number of piperidine rings is 1. The maximum atomic E-state index is 12.6. The second-order valence-corrected chi connectivity index (χ2v) is 16.5. The highest BCUT2D eigenvalue weighted by Crippen LogP contribution is 2.36. The van der Waals surface area contributed by atoms with Gasteiger partial charge in [-0.25, -0.2) is 8.42 Å². The van der Waals surface area contributed by atoms with Crippen LogP contribution in [-0.4, -0.2) is 64.8 Å². The van der Waals surface area contributed by atoms with Crippen LogP contribution in [0.2, 0.25) is 10.0 Å². The topological polar surface area (TPSA) is 83.4 Å². The van der Waals surface area contributed by atoms with Gasteiger partial charge in [0.1, 0.15) is 0 Å². The first-order chi connectivity index (χ1) is 24.7. The van der Waals surface area contributed by atoms with Gasteiger partial charge in [0.15, 0.2) is 0 Å². The molecule has 51 heavy (non-hydrogen) atoms. The third kappa shape index (κ3) is 8.74. The van der Waals surface area contributed by atoms with Gasteiger partial charge in [-0.1, -0.05) is 71.7 Å². The lowest BCUT2D eigenvalue weighted by Crippen LogP contribution is -2.36. The molecule has 3 aromatic carbocycles. The van der Waals surface area contributed by atoms with E-state index in [4.69, 9.17) is 28.3 Å². The van der Waals surface area contributed by atoms with Gasteiger partial charge in [0, 0.05) is 89.4 Å². The molecular weight excluding hydrogens is 699 g/mol. The van der Waals surface area contributed by atoms with Crippen LogP contribution in [0.1, 0.15) is 53.3 Å². The Kier molecular flexibility index (Phi) is 11.2. The van der Waals surface area contributed by atoms with Crippen molar-refractivity contribution in [2.45, 2.75) is 57.8 Å². The molecule has 5 aromatic rings. The molecule has 7 rings (SSSR count). The van der Waals surface area contributed by atoms with Crippen LogP contribution in [0.5, 0.6) is 0 Å². The van der Waals surface area contributed by atoms with E-state index in [1.807, 2.05) is 48.7 Å². The van der Waals surface area contributed by atoms with Crippen molar-refractivity contribution in [1.82, 2.24) is 29.3 Å². The fourth-order valence-electron chi connectivity index (χ4n) is 7.33. The standard InChI is InChI=1S/C40H44Cl2N6O2S/c1-51(49,50)47-24-18-39-36(28-47)40(45-48(39)21-4-20-46-22-16-32(17-23-46)38-5-2-3-19-44-38)33-12-15-37(42)35(25-33)31-10-6-29(7-11-31)26-43-27-30-8-13-34(41)14-9-30/h2-3,5-15,19,25,32,43H,4,16-18,20-24,26-28H2,1H3. The number of pyridine rings is 1. The number of halogens is 2. The molecule has 2 aliphatic rings. The maximum absolute atomic E-state index is 12.6. The predicted octanol–water partition coefficient (Wildman–Crippen LogP) is 7.80. The van der Waals surface area contributed by atoms with Gasteiger partial charge in [0.2, 0.25) is 10.0 Å². The number of aromatic nitrogens is 3. The highest BCUT2D eigenvalue weighted by molar-refractivity contribution is 7.88. The number of likely N-dealkylation sites (tertiary alicyclic amines) is 1. The zero-order chi connectivity index (χ0) is 35.4. The summed E-state index contributed by atoms with van der Waals surface area (Å²) in [5.74, 6) is 0.533. The van der Waals surface area contributed by atoms with E-state index in [1.165, 1.54) is 23.1 Å². The summed E-state index contributed by atoms with van der Waals surface area (Å²) in [4.78, 5) is 7.14. The summed E-state index contributed by atoms with van der Waals surface area (Å²) in [7, 11) is -3.35. The zero-order valence-corrected chi connectivity index (χ0v) is 31.3. The van der Waals surface area contributed by atoms with Gasteiger partial charge in [0.25, 0.3) is 0 Å². The third-order valence-electron chi connectivity index (χ3n) is 10.2. The number of hydrogen-bond acceptors (Lipinski definition) is 6. The van der Waals surface area contributed by atoms with Crippen molar-refractivity contribution in [1.29, 1.82) is 0 Å². The van der Waals surface area contributed by atoms with Gasteiger partial charge in [-0.2, -0.15) is 9.40 Å². The van der Waals surface area contributed by atoms with Gasteiger partial charge in [-0.15, -0.1) is 0 Å². The summed E-state index contributed by atoms with van der Waals surface area (Å²) in [6, 6.07) is 28.5. The molecule has 0 atom stereocenters. The minimum Gasteiger partial charge on any atom is -0.309 e. The van der Waals surface area contributed by atoms with E-state index in [0.717, 1.165) is 97.2 Å². The first-order valence-electron chi connectivity index (χ1n) is 17.7. The quantitative estimate of drug-likeness (QED) is 0.141. The molecule has 0 radical (unpaired) electrons. The zero-order valence-electron chi connectivity index (χ0n) is 28.9. The Morgan fingerprint density at radius 2 is 1.55 bits per heavy atom. The molecule has 1 fully saturated rings. The number of benzene rings is 3. The smallest absolute Gasteiger partial charge is 0.211 e. The van der Waals surface area contributed by atoms with Crippen molar-refractivity contribution in [3.63, 3.8) is 0 Å². The van der Waals surface area contributed by atoms with Crippen LogP contribution >= 0.6 is 23.2 Å². The summed E-state index contributed by atoms with van der Waals surface area (Å²) in [5.41, 5.74) is 9.37. The molecule has 0 aliphatic carbocycles. The van der Waals surface area contributed by atoms with Crippen LogP contribution in [0.15, 0.2) is 91.1 Å². The normalized spacial score (nSPS) is 16.0. The number of rotatable bonds is 12. The number of hydrogen-bond donors (Lipinski definition) is 1. The van der Waals surface area contributed by atoms with Crippen LogP contribution in [0, 0.1) is 0 Å². The average molecular weight is 744 g/mol. The molecule has 11 heteroatoms. The Bertz CT molecular complexity index is 2050. The van der Waals surface area contributed by atoms with Gasteiger partial charge >= 0.3 is 0 Å². The Hall–Kier alpha value is -3.57. The number of sulfonamides is 1. The number of nitrogens with zero attached hydrogens (tertiary/aromatic N) is 5. The van der Waals surface area contributed by atoms with Crippen molar-refractivity contribution in [2.24, 2.45) is 0 Å². The summed E-state index contributed by atoms with van der Waals surface area (Å²) in [6.07, 6.45) is 7.05. The van der Waals surface area contributed by atoms with E-state index in [1.54, 1.807) is 4.31 Å². The average Bonchev–Trinajstić information content (AvgIpc) is 3.51. The van der Waals surface area contributed by atoms with E-state index in [9.17, 15) is 8.42 Å². The fraction of sp³-hybridized carbons (Fsp3) is 0.350. The minimum atomic E-state index is -3.35. The largest absolute Gasteiger partial charge is 0.309 e. The predicted molar refractivity (Wildman–Crippen MR) is 206 cm³/mol. The van der Waals surface area contributed by atoms with Crippen LogP contribution in [0.3, 0.4) is 0 Å². The number of fused-ring (bicyclic) bond motifs is 1. The highest BCUT2D eigenvalue weighted by atomic mass is 35.5. The van der Waals surface area contributed by atoms with Crippen molar-refractivity contribution in [3.8, 4) is 22.4 Å². The van der Waals surface area contributed by atoms with Crippen molar-refractivity contribution in [3.05, 3.63) is 129 Å². The Labute approximate surface area is 311 Å². The molecule has 2 aliphatic heterocycles. The first kappa shape index (κ1) is 35.8. The van der Waals surface area contributed by atoms with E-state index in [0.29, 0.717) is 30.5 Å². The van der Waals surface area contributed by atoms with E-state index in [-0.39, 0.29) is 0 Å². The highest BCUT2D eigenvalue weighted by Gasteiger charge is 2.30. The van der Waals surface area contributed by atoms with Gasteiger partial charge in [0.05, 0.1) is 11.9 Å². The van der Waals surface area contributed by atoms with Crippen LogP contribution in [-0.2, 0) is 42.6 Å². The molecule has 0 unspecified atom stereocenters. The fourth-order valence-corrected chi connectivity index (χ4v) is 8.47. The summed E-state index contributed by atoms with van der Waals surface area (Å²) in [5, 5.41) is 10.1. The van der Waals surface area contributed by atoms with Gasteiger partial charge in [-0.05, 0) is 92.0 Å². The molecule has 2 aromatic heterocycles. The Balaban J connectivity index is 1.05. The monoisotopic (exact) mass is 742 g/mol. The molecule has 266 valence electrons. The lowest BCUT2D eigenvalue weighted by atomic mass is 9.93. The number of aryl methyl sites for hydroxylation is 1. The molecule has 0 bridgehead atoms. The SMILES string of the molecule is CS(=O)(=O)N1CCc2c(c(-c3ccc(Cl)c(-c4ccc(CNCc5ccc(Cl)cc5)cc4)c3)nn2CCCN2CCC(c3ccccn3)CC2)C1. The van der Waals surface area contributed by atoms with Crippen molar-refractivity contribution in [2.75, 3.05) is 32.4 Å². The molecular formula is C40H44Cl2N6O2S. The lowest BCUT2D eigenvalue weighted by molar-refractivity contribution is 0.204. The van der Waals surface area contributed by atoms with Crippen molar-refractivity contribution >= 4 is 33.2 Å². The molecule has 4 heterocycles. The molecule has 1 saturated heterocycles. The molecule has 0 spiro atoms. The maximum Gasteiger partial charge on any atom is 0.211 e.